The van der Waals surface area contributed by atoms with Gasteiger partial charge in [-0.15, -0.1) is 12.3 Å². The molecule has 1 aromatic rings. The van der Waals surface area contributed by atoms with Crippen LogP contribution < -0.4 is 15.8 Å². The lowest BCUT2D eigenvalue weighted by Crippen LogP contribution is -2.46. The Hall–Kier alpha value is -2.69. The molecule has 1 aromatic heterocycles. The third-order valence-electron chi connectivity index (χ3n) is 5.20. The summed E-state index contributed by atoms with van der Waals surface area (Å²) in [6.07, 6.45) is 12.6. The first kappa shape index (κ1) is 19.1. The summed E-state index contributed by atoms with van der Waals surface area (Å²) in [6, 6.07) is 0.126. The average Bonchev–Trinajstić information content (AvgIpc) is 3.46. The molecule has 2 aliphatic rings. The van der Waals surface area contributed by atoms with Crippen molar-refractivity contribution in [2.24, 2.45) is 10.2 Å². The summed E-state index contributed by atoms with van der Waals surface area (Å²) in [6.45, 7) is 3.98. The maximum absolute atomic E-state index is 12.4. The highest BCUT2D eigenvalue weighted by Gasteiger charge is 2.39. The fourth-order valence-corrected chi connectivity index (χ4v) is 3.42. The van der Waals surface area contributed by atoms with Gasteiger partial charge in [0.15, 0.2) is 11.5 Å². The van der Waals surface area contributed by atoms with Crippen LogP contribution in [-0.4, -0.2) is 40.3 Å². The number of rotatable bonds is 8. The number of amides is 1. The minimum absolute atomic E-state index is 0.0250. The molecule has 0 bridgehead atoms. The number of hydrogen-bond donors (Lipinski definition) is 1. The molecule has 0 aromatic carbocycles. The normalized spacial score (nSPS) is 18.1. The van der Waals surface area contributed by atoms with Crippen molar-refractivity contribution < 1.29 is 4.79 Å². The SMILES string of the molecule is C#CCCC1(CCC(=O)NC2CCN(c3nccn(CC)c3=O)CC2)N=N1. The molecule has 1 saturated heterocycles. The molecule has 1 amide bonds. The van der Waals surface area contributed by atoms with E-state index in [2.05, 4.69) is 26.4 Å². The number of carbonyl (C=O) groups is 1. The molecule has 0 spiro atoms. The number of piperidine rings is 1. The van der Waals surface area contributed by atoms with Crippen LogP contribution in [0.1, 0.15) is 45.4 Å². The molecule has 144 valence electrons. The number of carbonyl (C=O) groups excluding carboxylic acids is 1. The first-order valence-electron chi connectivity index (χ1n) is 9.54. The van der Waals surface area contributed by atoms with Gasteiger partial charge >= 0.3 is 0 Å². The first-order chi connectivity index (χ1) is 13.1. The molecular weight excluding hydrogens is 344 g/mol. The molecule has 0 aliphatic carbocycles. The second kappa shape index (κ2) is 8.33. The molecule has 27 heavy (non-hydrogen) atoms. The van der Waals surface area contributed by atoms with E-state index in [0.29, 0.717) is 51.1 Å². The fourth-order valence-electron chi connectivity index (χ4n) is 3.42. The van der Waals surface area contributed by atoms with Crippen molar-refractivity contribution in [1.82, 2.24) is 14.9 Å². The van der Waals surface area contributed by atoms with Gasteiger partial charge in [0.1, 0.15) is 0 Å². The van der Waals surface area contributed by atoms with Gasteiger partial charge in [0, 0.05) is 63.8 Å². The first-order valence-corrected chi connectivity index (χ1v) is 9.54. The van der Waals surface area contributed by atoms with Crippen molar-refractivity contribution in [3.63, 3.8) is 0 Å². The van der Waals surface area contributed by atoms with Crippen molar-refractivity contribution in [3.8, 4) is 12.3 Å². The Morgan fingerprint density at radius 1 is 1.37 bits per heavy atom. The van der Waals surface area contributed by atoms with Crippen molar-refractivity contribution in [1.29, 1.82) is 0 Å². The van der Waals surface area contributed by atoms with Crippen molar-refractivity contribution in [2.45, 2.75) is 63.7 Å². The van der Waals surface area contributed by atoms with Gasteiger partial charge in [0.2, 0.25) is 5.91 Å². The Morgan fingerprint density at radius 3 is 2.74 bits per heavy atom. The van der Waals surface area contributed by atoms with E-state index >= 15 is 0 Å². The van der Waals surface area contributed by atoms with E-state index in [0.717, 1.165) is 12.8 Å². The van der Waals surface area contributed by atoms with Gasteiger partial charge in [-0.25, -0.2) is 4.98 Å². The Balaban J connectivity index is 1.44. The van der Waals surface area contributed by atoms with Crippen LogP contribution in [0.2, 0.25) is 0 Å². The molecular formula is C19H26N6O2. The summed E-state index contributed by atoms with van der Waals surface area (Å²) >= 11 is 0. The second-order valence-electron chi connectivity index (χ2n) is 7.06. The Kier molecular flexibility index (Phi) is 5.89. The topological polar surface area (TPSA) is 92.0 Å². The number of aryl methyl sites for hydroxylation is 1. The van der Waals surface area contributed by atoms with E-state index in [9.17, 15) is 9.59 Å². The zero-order valence-corrected chi connectivity index (χ0v) is 15.7. The highest BCUT2D eigenvalue weighted by atomic mass is 16.1. The molecule has 8 heteroatoms. The molecule has 1 N–H and O–H groups in total. The molecule has 8 nitrogen and oxygen atoms in total. The molecule has 0 unspecified atom stereocenters. The number of hydrogen-bond acceptors (Lipinski definition) is 6. The molecule has 0 saturated carbocycles. The van der Waals surface area contributed by atoms with Crippen LogP contribution in [-0.2, 0) is 11.3 Å². The maximum Gasteiger partial charge on any atom is 0.293 e. The lowest BCUT2D eigenvalue weighted by molar-refractivity contribution is -0.122. The highest BCUT2D eigenvalue weighted by Crippen LogP contribution is 2.37. The van der Waals surface area contributed by atoms with Gasteiger partial charge in [0.25, 0.3) is 5.56 Å². The highest BCUT2D eigenvalue weighted by molar-refractivity contribution is 5.76. The third-order valence-corrected chi connectivity index (χ3v) is 5.20. The predicted molar refractivity (Wildman–Crippen MR) is 102 cm³/mol. The van der Waals surface area contributed by atoms with Crippen LogP contribution >= 0.6 is 0 Å². The van der Waals surface area contributed by atoms with Crippen LogP contribution in [0.5, 0.6) is 0 Å². The summed E-state index contributed by atoms with van der Waals surface area (Å²) in [7, 11) is 0. The average molecular weight is 370 g/mol. The molecule has 1 fully saturated rings. The second-order valence-corrected chi connectivity index (χ2v) is 7.06. The molecule has 3 rings (SSSR count). The van der Waals surface area contributed by atoms with Gasteiger partial charge in [-0.1, -0.05) is 0 Å². The molecule has 0 atom stereocenters. The van der Waals surface area contributed by atoms with Crippen molar-refractivity contribution in [2.75, 3.05) is 18.0 Å². The maximum atomic E-state index is 12.4. The Labute approximate surface area is 159 Å². The largest absolute Gasteiger partial charge is 0.353 e. The van der Waals surface area contributed by atoms with Gasteiger partial charge in [-0.2, -0.15) is 10.2 Å². The number of nitrogens with one attached hydrogen (secondary N) is 1. The van der Waals surface area contributed by atoms with E-state index in [1.165, 1.54) is 0 Å². The monoisotopic (exact) mass is 370 g/mol. The summed E-state index contributed by atoms with van der Waals surface area (Å²) < 4.78 is 1.65. The van der Waals surface area contributed by atoms with Crippen LogP contribution in [0.4, 0.5) is 5.82 Å². The quantitative estimate of drug-likeness (QED) is 0.705. The zero-order chi connectivity index (χ0) is 19.3. The molecule has 0 radical (unpaired) electrons. The third kappa shape index (κ3) is 4.73. The van der Waals surface area contributed by atoms with E-state index in [1.54, 1.807) is 17.0 Å². The van der Waals surface area contributed by atoms with Gasteiger partial charge in [0.05, 0.1) is 0 Å². The van der Waals surface area contributed by atoms with E-state index in [-0.39, 0.29) is 17.5 Å². The lowest BCUT2D eigenvalue weighted by atomic mass is 10.0. The fraction of sp³-hybridized carbons (Fsp3) is 0.632. The summed E-state index contributed by atoms with van der Waals surface area (Å²) in [4.78, 5) is 30.9. The van der Waals surface area contributed by atoms with Gasteiger partial charge in [-0.3, -0.25) is 9.59 Å². The van der Waals surface area contributed by atoms with E-state index in [4.69, 9.17) is 6.42 Å². The van der Waals surface area contributed by atoms with Crippen molar-refractivity contribution >= 4 is 11.7 Å². The van der Waals surface area contributed by atoms with Gasteiger partial charge in [-0.05, 0) is 19.8 Å². The van der Waals surface area contributed by atoms with E-state index in [1.807, 2.05) is 11.8 Å². The molecule has 3 heterocycles. The van der Waals surface area contributed by atoms with Crippen LogP contribution in [0, 0.1) is 12.3 Å². The van der Waals surface area contributed by atoms with Gasteiger partial charge < -0.3 is 14.8 Å². The zero-order valence-electron chi connectivity index (χ0n) is 15.7. The number of aromatic nitrogens is 2. The Bertz CT molecular complexity index is 795. The van der Waals surface area contributed by atoms with Crippen LogP contribution in [0.3, 0.4) is 0 Å². The number of terminal acetylenes is 1. The Morgan fingerprint density at radius 2 is 2.11 bits per heavy atom. The van der Waals surface area contributed by atoms with E-state index < -0.39 is 5.66 Å². The summed E-state index contributed by atoms with van der Waals surface area (Å²) in [5.74, 6) is 3.11. The standard InChI is InChI=1S/C19H26N6O2/c1-3-5-9-19(22-23-19)10-6-16(26)21-15-7-12-25(13-8-15)17-18(27)24(4-2)14-11-20-17/h1,11,14-15H,4-10,12-13H2,2H3,(H,21,26). The molecule has 2 aliphatic heterocycles. The minimum Gasteiger partial charge on any atom is -0.353 e. The number of anilines is 1. The van der Waals surface area contributed by atoms with Crippen molar-refractivity contribution in [3.05, 3.63) is 22.7 Å². The lowest BCUT2D eigenvalue weighted by Gasteiger charge is -2.32. The van der Waals surface area contributed by atoms with Crippen LogP contribution in [0.25, 0.3) is 0 Å². The smallest absolute Gasteiger partial charge is 0.293 e. The number of nitrogens with zero attached hydrogens (tertiary/aromatic N) is 5. The minimum atomic E-state index is -0.411. The predicted octanol–water partition coefficient (Wildman–Crippen LogP) is 1.70. The summed E-state index contributed by atoms with van der Waals surface area (Å²) in [5, 5.41) is 11.2. The summed E-state index contributed by atoms with van der Waals surface area (Å²) in [5.41, 5.74) is -0.470. The van der Waals surface area contributed by atoms with Crippen LogP contribution in [0.15, 0.2) is 27.4 Å².